The molecule has 33 heavy (non-hydrogen) atoms. The minimum absolute atomic E-state index is 0.397. The lowest BCUT2D eigenvalue weighted by atomic mass is 10.0. The van der Waals surface area contributed by atoms with Crippen LogP contribution in [0.5, 0.6) is 0 Å². The molecule has 0 bridgehead atoms. The van der Waals surface area contributed by atoms with Crippen molar-refractivity contribution in [3.63, 3.8) is 0 Å². The van der Waals surface area contributed by atoms with Crippen LogP contribution in [0, 0.1) is 0 Å². The summed E-state index contributed by atoms with van der Waals surface area (Å²) < 4.78 is 105. The van der Waals surface area contributed by atoms with E-state index in [1.807, 2.05) is 0 Å². The van der Waals surface area contributed by atoms with Crippen LogP contribution in [0.15, 0.2) is 73.3 Å². The Balaban J connectivity index is 2.49. The summed E-state index contributed by atoms with van der Waals surface area (Å²) in [6, 6.07) is 12.9. The van der Waals surface area contributed by atoms with Crippen molar-refractivity contribution in [1.82, 2.24) is 0 Å². The lowest BCUT2D eigenvalue weighted by Crippen LogP contribution is -2.53. The highest BCUT2D eigenvalue weighted by molar-refractivity contribution is 5.24. The third-order valence-electron chi connectivity index (χ3n) is 4.98. The van der Waals surface area contributed by atoms with Crippen molar-refractivity contribution < 1.29 is 45.3 Å². The molecule has 2 aromatic rings. The maximum absolute atomic E-state index is 14.1. The largest absolute Gasteiger partial charge is 0.448 e. The molecular formula is C23H24F6O4. The first-order valence-corrected chi connectivity index (χ1v) is 9.71. The molecule has 0 saturated heterocycles. The fourth-order valence-corrected chi connectivity index (χ4v) is 3.33. The van der Waals surface area contributed by atoms with Crippen LogP contribution in [0.1, 0.15) is 18.1 Å². The van der Waals surface area contributed by atoms with Crippen LogP contribution < -0.4 is 0 Å². The molecule has 0 aromatic heterocycles. The topological polar surface area (TPSA) is 36.9 Å². The minimum Gasteiger partial charge on any atom is -0.342 e. The minimum atomic E-state index is -5.09. The molecule has 0 saturated carbocycles. The number of rotatable bonds is 10. The van der Waals surface area contributed by atoms with Crippen molar-refractivity contribution in [3.8, 4) is 0 Å². The highest BCUT2D eigenvalue weighted by Crippen LogP contribution is 2.47. The Morgan fingerprint density at radius 1 is 0.697 bits per heavy atom. The fraction of sp³-hybridized carbons (Fsp3) is 0.391. The molecular weight excluding hydrogens is 454 g/mol. The third-order valence-corrected chi connectivity index (χ3v) is 4.98. The highest BCUT2D eigenvalue weighted by Gasteiger charge is 2.62. The van der Waals surface area contributed by atoms with E-state index >= 15 is 0 Å². The fourth-order valence-electron chi connectivity index (χ4n) is 3.33. The van der Waals surface area contributed by atoms with Gasteiger partial charge < -0.3 is 18.9 Å². The van der Waals surface area contributed by atoms with E-state index < -0.39 is 47.3 Å². The lowest BCUT2D eigenvalue weighted by Gasteiger charge is -2.41. The van der Waals surface area contributed by atoms with Crippen molar-refractivity contribution in [2.75, 3.05) is 14.2 Å². The van der Waals surface area contributed by atoms with E-state index in [1.54, 1.807) is 0 Å². The molecule has 0 radical (unpaired) electrons. The van der Waals surface area contributed by atoms with Gasteiger partial charge in [0.25, 0.3) is 11.6 Å². The van der Waals surface area contributed by atoms with Gasteiger partial charge in [-0.1, -0.05) is 66.7 Å². The predicted molar refractivity (Wildman–Crippen MR) is 108 cm³/mol. The van der Waals surface area contributed by atoms with Gasteiger partial charge in [-0.3, -0.25) is 0 Å². The van der Waals surface area contributed by atoms with Gasteiger partial charge >= 0.3 is 12.4 Å². The monoisotopic (exact) mass is 478 g/mol. The zero-order valence-electron chi connectivity index (χ0n) is 18.1. The predicted octanol–water partition coefficient (Wildman–Crippen LogP) is 6.09. The van der Waals surface area contributed by atoms with Crippen LogP contribution in [-0.2, 0) is 30.5 Å². The van der Waals surface area contributed by atoms with Gasteiger partial charge in [0.2, 0.25) is 0 Å². The zero-order valence-corrected chi connectivity index (χ0v) is 18.1. The Bertz CT molecular complexity index is 887. The van der Waals surface area contributed by atoms with E-state index in [4.69, 9.17) is 18.9 Å². The van der Waals surface area contributed by atoms with Crippen LogP contribution in [0.4, 0.5) is 26.3 Å². The Morgan fingerprint density at radius 3 is 1.36 bits per heavy atom. The molecule has 0 aliphatic carbocycles. The number of alkyl halides is 6. The molecule has 0 aliphatic rings. The number of ether oxygens (including phenoxy) is 4. The summed E-state index contributed by atoms with van der Waals surface area (Å²) in [4.78, 5) is 0. The zero-order chi connectivity index (χ0) is 24.9. The van der Waals surface area contributed by atoms with E-state index in [2.05, 4.69) is 6.58 Å². The van der Waals surface area contributed by atoms with E-state index in [0.717, 1.165) is 51.5 Å². The number of benzene rings is 2. The van der Waals surface area contributed by atoms with Gasteiger partial charge in [0.1, 0.15) is 6.10 Å². The average molecular weight is 478 g/mol. The average Bonchev–Trinajstić information content (AvgIpc) is 2.77. The number of methoxy groups -OCH3 is 2. The molecule has 4 atom stereocenters. The van der Waals surface area contributed by atoms with Crippen molar-refractivity contribution in [1.29, 1.82) is 0 Å². The van der Waals surface area contributed by atoms with Gasteiger partial charge in [-0.15, -0.1) is 6.58 Å². The van der Waals surface area contributed by atoms with Gasteiger partial charge in [0, 0.05) is 25.3 Å². The molecule has 2 rings (SSSR count). The Labute approximate surface area is 187 Å². The number of hydrogen-bond donors (Lipinski definition) is 0. The normalized spacial score (nSPS) is 18.1. The quantitative estimate of drug-likeness (QED) is 0.235. The van der Waals surface area contributed by atoms with Gasteiger partial charge in [-0.2, -0.15) is 26.3 Å². The molecule has 0 amide bonds. The van der Waals surface area contributed by atoms with Crippen LogP contribution >= 0.6 is 0 Å². The van der Waals surface area contributed by atoms with Gasteiger partial charge in [-0.25, -0.2) is 0 Å². The molecule has 0 spiro atoms. The second kappa shape index (κ2) is 10.3. The molecule has 2 unspecified atom stereocenters. The van der Waals surface area contributed by atoms with Crippen molar-refractivity contribution in [2.45, 2.75) is 43.1 Å². The molecule has 0 aliphatic heterocycles. The lowest BCUT2D eigenvalue weighted by molar-refractivity contribution is -0.420. The Hall–Kier alpha value is -2.40. The first-order chi connectivity index (χ1) is 15.4. The van der Waals surface area contributed by atoms with Gasteiger partial charge in [-0.05, 0) is 6.92 Å². The summed E-state index contributed by atoms with van der Waals surface area (Å²) in [6.07, 6.45) is -12.6. The summed E-state index contributed by atoms with van der Waals surface area (Å²) in [5, 5.41) is 0. The molecule has 2 aromatic carbocycles. The van der Waals surface area contributed by atoms with Crippen LogP contribution in [0.2, 0.25) is 0 Å². The SMILES string of the molecule is C=C[C@H](OC(OC)(c1ccccc1)C(F)(F)F)[C@@H](C)OC(OC)(c1ccccc1)C(F)(F)F. The number of hydrogen-bond acceptors (Lipinski definition) is 4. The standard InChI is InChI=1S/C23H24F6O4/c1-5-19(33-21(31-4,23(27,28)29)18-14-10-7-11-15-18)16(2)32-20(30-3,22(24,25)26)17-12-8-6-9-13-17/h5-16,19H,1H2,2-4H3/t16-,19+,20?,21?/m1/s1. The second-order valence-corrected chi connectivity index (χ2v) is 7.01. The Morgan fingerprint density at radius 2 is 1.06 bits per heavy atom. The van der Waals surface area contributed by atoms with Crippen molar-refractivity contribution in [3.05, 3.63) is 84.4 Å². The number of halogens is 6. The van der Waals surface area contributed by atoms with E-state index in [-0.39, 0.29) is 0 Å². The van der Waals surface area contributed by atoms with Crippen molar-refractivity contribution in [2.24, 2.45) is 0 Å². The summed E-state index contributed by atoms with van der Waals surface area (Å²) in [5.74, 6) is -6.55. The summed E-state index contributed by atoms with van der Waals surface area (Å²) in [5.41, 5.74) is -0.803. The van der Waals surface area contributed by atoms with Crippen LogP contribution in [0.25, 0.3) is 0 Å². The first kappa shape index (κ1) is 26.8. The highest BCUT2D eigenvalue weighted by atomic mass is 19.4. The van der Waals surface area contributed by atoms with E-state index in [0.29, 0.717) is 0 Å². The second-order valence-electron chi connectivity index (χ2n) is 7.01. The molecule has 0 heterocycles. The van der Waals surface area contributed by atoms with E-state index in [1.165, 1.54) is 36.4 Å². The molecule has 0 fully saturated rings. The summed E-state index contributed by atoms with van der Waals surface area (Å²) in [6.45, 7) is 4.54. The summed E-state index contributed by atoms with van der Waals surface area (Å²) in [7, 11) is 1.57. The maximum atomic E-state index is 14.1. The molecule has 4 nitrogen and oxygen atoms in total. The van der Waals surface area contributed by atoms with E-state index in [9.17, 15) is 26.3 Å². The third kappa shape index (κ3) is 5.24. The van der Waals surface area contributed by atoms with Crippen molar-refractivity contribution >= 4 is 0 Å². The maximum Gasteiger partial charge on any atom is 0.448 e. The molecule has 0 N–H and O–H groups in total. The van der Waals surface area contributed by atoms with Crippen LogP contribution in [0.3, 0.4) is 0 Å². The molecule has 10 heteroatoms. The smallest absolute Gasteiger partial charge is 0.342 e. The summed E-state index contributed by atoms with van der Waals surface area (Å²) >= 11 is 0. The molecule has 182 valence electrons. The Kier molecular flexibility index (Phi) is 8.34. The van der Waals surface area contributed by atoms with Crippen LogP contribution in [-0.4, -0.2) is 38.8 Å². The van der Waals surface area contributed by atoms with Gasteiger partial charge in [0.05, 0.1) is 6.10 Å². The first-order valence-electron chi connectivity index (χ1n) is 9.71. The van der Waals surface area contributed by atoms with Gasteiger partial charge in [0.15, 0.2) is 0 Å².